The quantitative estimate of drug-likeness (QED) is 0.912. The second-order valence-electron chi connectivity index (χ2n) is 5.36. The van der Waals surface area contributed by atoms with Crippen LogP contribution in [0.5, 0.6) is 0 Å². The van der Waals surface area contributed by atoms with Gasteiger partial charge in [-0.3, -0.25) is 4.90 Å². The van der Waals surface area contributed by atoms with Gasteiger partial charge in [0.1, 0.15) is 5.82 Å². The van der Waals surface area contributed by atoms with Crippen molar-refractivity contribution < 1.29 is 9.13 Å². The van der Waals surface area contributed by atoms with Gasteiger partial charge in [0.15, 0.2) is 0 Å². The zero-order valence-electron chi connectivity index (χ0n) is 12.0. The van der Waals surface area contributed by atoms with E-state index in [9.17, 15) is 4.39 Å². The second-order valence-corrected chi connectivity index (χ2v) is 6.21. The molecule has 0 bridgehead atoms. The Bertz CT molecular complexity index is 457. The van der Waals surface area contributed by atoms with E-state index in [1.165, 1.54) is 6.07 Å². The van der Waals surface area contributed by atoms with Crippen molar-refractivity contribution >= 4 is 15.9 Å². The summed E-state index contributed by atoms with van der Waals surface area (Å²) in [4.78, 5) is 2.40. The molecule has 5 heteroatoms. The van der Waals surface area contributed by atoms with Gasteiger partial charge in [0.2, 0.25) is 0 Å². The summed E-state index contributed by atoms with van der Waals surface area (Å²) >= 11 is 3.25. The van der Waals surface area contributed by atoms with E-state index in [1.54, 1.807) is 7.11 Å². The third-order valence-electron chi connectivity index (χ3n) is 4.24. The van der Waals surface area contributed by atoms with Crippen LogP contribution < -0.4 is 5.73 Å². The largest absolute Gasteiger partial charge is 0.381 e. The standard InChI is InChI=1S/C15H22BrFN2O/c1-10(11-3-4-15(17)14(16)7-11)19-6-5-13(20-2)8-12(19)9-18/h3-4,7,10,12-13H,5-6,8-9,18H2,1-2H3. The lowest BCUT2D eigenvalue weighted by Crippen LogP contribution is -2.49. The number of rotatable bonds is 4. The minimum absolute atomic E-state index is 0.221. The molecule has 0 aromatic heterocycles. The van der Waals surface area contributed by atoms with Crippen molar-refractivity contribution in [3.8, 4) is 0 Å². The molecule has 0 radical (unpaired) electrons. The number of nitrogens with zero attached hydrogens (tertiary/aromatic N) is 1. The SMILES string of the molecule is COC1CCN(C(C)c2ccc(F)c(Br)c2)C(CN)C1. The molecule has 0 spiro atoms. The highest BCUT2D eigenvalue weighted by atomic mass is 79.9. The number of hydrogen-bond donors (Lipinski definition) is 1. The summed E-state index contributed by atoms with van der Waals surface area (Å²) in [5.74, 6) is -0.227. The lowest BCUT2D eigenvalue weighted by atomic mass is 9.95. The molecular formula is C15H22BrFN2O. The molecule has 1 aliphatic rings. The number of nitrogens with two attached hydrogens (primary N) is 1. The first-order valence-corrected chi connectivity index (χ1v) is 7.79. The predicted octanol–water partition coefficient (Wildman–Crippen LogP) is 3.09. The Morgan fingerprint density at radius 3 is 2.90 bits per heavy atom. The van der Waals surface area contributed by atoms with Crippen molar-refractivity contribution in [2.75, 3.05) is 20.2 Å². The maximum absolute atomic E-state index is 13.3. The minimum Gasteiger partial charge on any atom is -0.381 e. The second kappa shape index (κ2) is 6.98. The average molecular weight is 345 g/mol. The smallest absolute Gasteiger partial charge is 0.137 e. The van der Waals surface area contributed by atoms with Crippen LogP contribution >= 0.6 is 15.9 Å². The highest BCUT2D eigenvalue weighted by Gasteiger charge is 2.31. The van der Waals surface area contributed by atoms with Crippen molar-refractivity contribution in [2.24, 2.45) is 5.73 Å². The number of piperidine rings is 1. The van der Waals surface area contributed by atoms with E-state index in [4.69, 9.17) is 10.5 Å². The van der Waals surface area contributed by atoms with Gasteiger partial charge in [0.05, 0.1) is 10.6 Å². The molecule has 1 aromatic rings. The number of hydrogen-bond acceptors (Lipinski definition) is 3. The van der Waals surface area contributed by atoms with Gasteiger partial charge in [0, 0.05) is 32.3 Å². The fourth-order valence-corrected chi connectivity index (χ4v) is 3.35. The highest BCUT2D eigenvalue weighted by Crippen LogP contribution is 2.30. The Hall–Kier alpha value is -0.490. The predicted molar refractivity (Wildman–Crippen MR) is 82.1 cm³/mol. The summed E-state index contributed by atoms with van der Waals surface area (Å²) in [5.41, 5.74) is 7.02. The third kappa shape index (κ3) is 3.39. The number of benzene rings is 1. The van der Waals surface area contributed by atoms with E-state index in [0.29, 0.717) is 23.2 Å². The van der Waals surface area contributed by atoms with Crippen LogP contribution in [0.1, 0.15) is 31.4 Å². The number of likely N-dealkylation sites (tertiary alicyclic amines) is 1. The fourth-order valence-electron chi connectivity index (χ4n) is 2.95. The molecule has 3 nitrogen and oxygen atoms in total. The Kier molecular flexibility index (Phi) is 5.55. The molecule has 1 saturated heterocycles. The Balaban J connectivity index is 2.14. The molecule has 0 saturated carbocycles. The van der Waals surface area contributed by atoms with E-state index in [0.717, 1.165) is 24.9 Å². The average Bonchev–Trinajstić information content (AvgIpc) is 2.48. The Labute approximate surface area is 128 Å². The summed E-state index contributed by atoms with van der Waals surface area (Å²) in [7, 11) is 1.76. The van der Waals surface area contributed by atoms with Gasteiger partial charge in [-0.05, 0) is 53.4 Å². The van der Waals surface area contributed by atoms with Crippen LogP contribution in [0.4, 0.5) is 4.39 Å². The number of halogens is 2. The molecule has 20 heavy (non-hydrogen) atoms. The maximum atomic E-state index is 13.3. The summed E-state index contributed by atoms with van der Waals surface area (Å²) in [6, 6.07) is 5.75. The van der Waals surface area contributed by atoms with Gasteiger partial charge < -0.3 is 10.5 Å². The third-order valence-corrected chi connectivity index (χ3v) is 4.85. The fraction of sp³-hybridized carbons (Fsp3) is 0.600. The van der Waals surface area contributed by atoms with Crippen LogP contribution in [0, 0.1) is 5.82 Å². The first-order chi connectivity index (χ1) is 9.56. The van der Waals surface area contributed by atoms with Crippen molar-refractivity contribution in [3.63, 3.8) is 0 Å². The van der Waals surface area contributed by atoms with Crippen molar-refractivity contribution in [1.29, 1.82) is 0 Å². The van der Waals surface area contributed by atoms with Crippen LogP contribution in [0.3, 0.4) is 0 Å². The first kappa shape index (κ1) is 15.9. The molecule has 3 unspecified atom stereocenters. The highest BCUT2D eigenvalue weighted by molar-refractivity contribution is 9.10. The first-order valence-electron chi connectivity index (χ1n) is 7.00. The summed E-state index contributed by atoms with van der Waals surface area (Å²) in [6.45, 7) is 3.72. The van der Waals surface area contributed by atoms with Crippen LogP contribution in [0.15, 0.2) is 22.7 Å². The lowest BCUT2D eigenvalue weighted by molar-refractivity contribution is -0.00165. The van der Waals surface area contributed by atoms with Gasteiger partial charge in [0.25, 0.3) is 0 Å². The Morgan fingerprint density at radius 2 is 2.30 bits per heavy atom. The molecule has 0 aliphatic carbocycles. The molecule has 2 N–H and O–H groups in total. The van der Waals surface area contributed by atoms with Crippen molar-refractivity contribution in [3.05, 3.63) is 34.1 Å². The molecule has 1 fully saturated rings. The monoisotopic (exact) mass is 344 g/mol. The van der Waals surface area contributed by atoms with E-state index in [2.05, 4.69) is 27.8 Å². The topological polar surface area (TPSA) is 38.5 Å². The molecule has 112 valence electrons. The van der Waals surface area contributed by atoms with Crippen LogP contribution in [0.2, 0.25) is 0 Å². The zero-order valence-corrected chi connectivity index (χ0v) is 13.6. The molecule has 1 aromatic carbocycles. The number of ether oxygens (including phenoxy) is 1. The zero-order chi connectivity index (χ0) is 14.7. The summed E-state index contributed by atoms with van der Waals surface area (Å²) in [6.07, 6.45) is 2.27. The molecule has 1 aliphatic heterocycles. The number of methoxy groups -OCH3 is 1. The van der Waals surface area contributed by atoms with E-state index in [1.807, 2.05) is 12.1 Å². The normalized spacial score (nSPS) is 25.6. The van der Waals surface area contributed by atoms with Gasteiger partial charge >= 0.3 is 0 Å². The summed E-state index contributed by atoms with van der Waals surface area (Å²) < 4.78 is 19.3. The van der Waals surface area contributed by atoms with Crippen LogP contribution in [-0.2, 0) is 4.74 Å². The van der Waals surface area contributed by atoms with Gasteiger partial charge in [-0.1, -0.05) is 6.07 Å². The van der Waals surface area contributed by atoms with Gasteiger partial charge in [-0.15, -0.1) is 0 Å². The molecule has 2 rings (SSSR count). The van der Waals surface area contributed by atoms with Crippen LogP contribution in [-0.4, -0.2) is 37.2 Å². The van der Waals surface area contributed by atoms with Gasteiger partial charge in [-0.25, -0.2) is 4.39 Å². The minimum atomic E-state index is -0.227. The van der Waals surface area contributed by atoms with E-state index >= 15 is 0 Å². The lowest BCUT2D eigenvalue weighted by Gasteiger charge is -2.42. The summed E-state index contributed by atoms with van der Waals surface area (Å²) in [5, 5.41) is 0. The molecule has 1 heterocycles. The van der Waals surface area contributed by atoms with Crippen molar-refractivity contribution in [2.45, 2.75) is 38.0 Å². The van der Waals surface area contributed by atoms with E-state index < -0.39 is 0 Å². The molecular weight excluding hydrogens is 323 g/mol. The Morgan fingerprint density at radius 1 is 1.55 bits per heavy atom. The van der Waals surface area contributed by atoms with Gasteiger partial charge in [-0.2, -0.15) is 0 Å². The molecule has 0 amide bonds. The van der Waals surface area contributed by atoms with Crippen LogP contribution in [0.25, 0.3) is 0 Å². The molecule has 3 atom stereocenters. The van der Waals surface area contributed by atoms with Crippen molar-refractivity contribution in [1.82, 2.24) is 4.90 Å². The maximum Gasteiger partial charge on any atom is 0.137 e. The van der Waals surface area contributed by atoms with E-state index in [-0.39, 0.29) is 11.9 Å².